The number of carbonyl (C=O) groups is 2. The van der Waals surface area contributed by atoms with Crippen molar-refractivity contribution in [1.82, 2.24) is 25.4 Å². The van der Waals surface area contributed by atoms with E-state index in [0.717, 1.165) is 31.5 Å². The number of amides is 2. The van der Waals surface area contributed by atoms with Crippen molar-refractivity contribution in [2.45, 2.75) is 45.7 Å². The van der Waals surface area contributed by atoms with Crippen LogP contribution in [0.5, 0.6) is 0 Å². The maximum absolute atomic E-state index is 12.5. The van der Waals surface area contributed by atoms with Crippen LogP contribution in [0.3, 0.4) is 0 Å². The molecule has 0 radical (unpaired) electrons. The zero-order valence-corrected chi connectivity index (χ0v) is 15.2. The van der Waals surface area contributed by atoms with Crippen LogP contribution in [0.15, 0.2) is 30.7 Å². The molecule has 0 fully saturated rings. The molecule has 7 heteroatoms. The summed E-state index contributed by atoms with van der Waals surface area (Å²) < 4.78 is 1.91. The van der Waals surface area contributed by atoms with Crippen LogP contribution in [0.25, 0.3) is 0 Å². The molecule has 138 valence electrons. The molecule has 0 saturated heterocycles. The van der Waals surface area contributed by atoms with E-state index >= 15 is 0 Å². The second-order valence-electron chi connectivity index (χ2n) is 6.82. The number of fused-ring (bicyclic) bond motifs is 1. The highest BCUT2D eigenvalue weighted by molar-refractivity contribution is 5.95. The van der Waals surface area contributed by atoms with Crippen molar-refractivity contribution in [2.24, 2.45) is 5.92 Å². The van der Waals surface area contributed by atoms with Crippen LogP contribution in [-0.4, -0.2) is 39.2 Å². The number of carbonyl (C=O) groups excluding carboxylic acids is 2. The quantitative estimate of drug-likeness (QED) is 0.827. The van der Waals surface area contributed by atoms with Crippen LogP contribution in [0.2, 0.25) is 0 Å². The zero-order valence-electron chi connectivity index (χ0n) is 15.2. The lowest BCUT2D eigenvalue weighted by molar-refractivity contribution is 0.0927. The van der Waals surface area contributed by atoms with E-state index in [9.17, 15) is 9.59 Å². The Hall–Kier alpha value is -2.70. The maximum Gasteiger partial charge on any atom is 0.254 e. The summed E-state index contributed by atoms with van der Waals surface area (Å²) in [6.07, 6.45) is 7.40. The first-order valence-corrected chi connectivity index (χ1v) is 9.12. The minimum Gasteiger partial charge on any atom is -0.352 e. The molecule has 2 amide bonds. The van der Waals surface area contributed by atoms with Gasteiger partial charge in [-0.3, -0.25) is 19.3 Å². The fourth-order valence-corrected chi connectivity index (χ4v) is 3.10. The maximum atomic E-state index is 12.5. The van der Waals surface area contributed by atoms with Crippen molar-refractivity contribution in [3.05, 3.63) is 47.5 Å². The molecule has 7 nitrogen and oxygen atoms in total. The molecular weight excluding hydrogens is 330 g/mol. The van der Waals surface area contributed by atoms with E-state index in [1.807, 2.05) is 18.5 Å². The molecule has 0 aliphatic carbocycles. The van der Waals surface area contributed by atoms with E-state index in [1.54, 1.807) is 30.7 Å². The van der Waals surface area contributed by atoms with Crippen molar-refractivity contribution < 1.29 is 9.59 Å². The summed E-state index contributed by atoms with van der Waals surface area (Å²) in [6.45, 7) is 5.37. The predicted molar refractivity (Wildman–Crippen MR) is 97.8 cm³/mol. The minimum absolute atomic E-state index is 0.0688. The van der Waals surface area contributed by atoms with Crippen molar-refractivity contribution in [2.75, 3.05) is 6.54 Å². The fourth-order valence-electron chi connectivity index (χ4n) is 3.10. The summed E-state index contributed by atoms with van der Waals surface area (Å²) >= 11 is 0. The second-order valence-corrected chi connectivity index (χ2v) is 6.82. The number of hydrogen-bond donors (Lipinski definition) is 2. The number of rotatable bonds is 6. The topological polar surface area (TPSA) is 88.9 Å². The van der Waals surface area contributed by atoms with Gasteiger partial charge in [0.2, 0.25) is 0 Å². The zero-order chi connectivity index (χ0) is 18.5. The molecule has 0 saturated carbocycles. The molecule has 2 atom stereocenters. The summed E-state index contributed by atoms with van der Waals surface area (Å²) in [5.41, 5.74) is 2.16. The SMILES string of the molecule is CCC(C)NC(=O)c1cnn2c1CC(CNC(=O)c1cccnc1)CC2. The number of nitrogens with one attached hydrogen (secondary N) is 2. The number of nitrogens with zero attached hydrogens (tertiary/aromatic N) is 3. The Balaban J connectivity index is 1.61. The molecule has 0 aromatic carbocycles. The minimum atomic E-state index is -0.119. The fraction of sp³-hybridized carbons (Fsp3) is 0.474. The highest BCUT2D eigenvalue weighted by Crippen LogP contribution is 2.23. The van der Waals surface area contributed by atoms with Crippen molar-refractivity contribution in [3.8, 4) is 0 Å². The highest BCUT2D eigenvalue weighted by atomic mass is 16.2. The van der Waals surface area contributed by atoms with Gasteiger partial charge in [0, 0.05) is 31.5 Å². The lowest BCUT2D eigenvalue weighted by Gasteiger charge is -2.24. The monoisotopic (exact) mass is 355 g/mol. The van der Waals surface area contributed by atoms with E-state index in [4.69, 9.17) is 0 Å². The third-order valence-corrected chi connectivity index (χ3v) is 4.89. The molecule has 2 aromatic heterocycles. The molecule has 0 bridgehead atoms. The van der Waals surface area contributed by atoms with Crippen LogP contribution in [0, 0.1) is 5.92 Å². The smallest absolute Gasteiger partial charge is 0.254 e. The molecule has 2 aromatic rings. The number of hydrogen-bond acceptors (Lipinski definition) is 4. The molecule has 2 N–H and O–H groups in total. The standard InChI is InChI=1S/C19H25N5O2/c1-3-13(2)23-19(26)16-12-22-24-8-6-14(9-17(16)24)10-21-18(25)15-5-4-7-20-11-15/h4-5,7,11-14H,3,6,8-10H2,1-2H3,(H,21,25)(H,23,26). The first-order chi connectivity index (χ1) is 12.6. The van der Waals surface area contributed by atoms with Crippen LogP contribution in [0.4, 0.5) is 0 Å². The normalized spacial score (nSPS) is 17.2. The largest absolute Gasteiger partial charge is 0.352 e. The summed E-state index contributed by atoms with van der Waals surface area (Å²) in [4.78, 5) is 28.6. The number of pyridine rings is 1. The van der Waals surface area contributed by atoms with Gasteiger partial charge in [0.15, 0.2) is 0 Å². The van der Waals surface area contributed by atoms with Gasteiger partial charge in [0.05, 0.1) is 23.0 Å². The Morgan fingerprint density at radius 3 is 2.92 bits per heavy atom. The lowest BCUT2D eigenvalue weighted by Crippen LogP contribution is -2.35. The van der Waals surface area contributed by atoms with E-state index < -0.39 is 0 Å². The van der Waals surface area contributed by atoms with Gasteiger partial charge in [-0.2, -0.15) is 5.10 Å². The third kappa shape index (κ3) is 4.09. The Bertz CT molecular complexity index is 771. The third-order valence-electron chi connectivity index (χ3n) is 4.89. The van der Waals surface area contributed by atoms with E-state index in [2.05, 4.69) is 20.7 Å². The van der Waals surface area contributed by atoms with Crippen LogP contribution < -0.4 is 10.6 Å². The predicted octanol–water partition coefficient (Wildman–Crippen LogP) is 1.80. The van der Waals surface area contributed by atoms with Crippen molar-refractivity contribution in [1.29, 1.82) is 0 Å². The first-order valence-electron chi connectivity index (χ1n) is 9.12. The summed E-state index contributed by atoms with van der Waals surface area (Å²) in [5.74, 6) is 0.0996. The van der Waals surface area contributed by atoms with Crippen molar-refractivity contribution in [3.63, 3.8) is 0 Å². The van der Waals surface area contributed by atoms with Gasteiger partial charge >= 0.3 is 0 Å². The van der Waals surface area contributed by atoms with Gasteiger partial charge in [-0.05, 0) is 44.2 Å². The Kier molecular flexibility index (Phi) is 5.65. The van der Waals surface area contributed by atoms with Crippen LogP contribution in [-0.2, 0) is 13.0 Å². The van der Waals surface area contributed by atoms with Gasteiger partial charge in [-0.15, -0.1) is 0 Å². The lowest BCUT2D eigenvalue weighted by atomic mass is 9.94. The Labute approximate surface area is 153 Å². The van der Waals surface area contributed by atoms with Crippen LogP contribution in [0.1, 0.15) is 53.1 Å². The molecule has 3 heterocycles. The molecule has 0 spiro atoms. The molecule has 2 unspecified atom stereocenters. The molecule has 3 rings (SSSR count). The van der Waals surface area contributed by atoms with Gasteiger partial charge in [-0.1, -0.05) is 6.92 Å². The number of aromatic nitrogens is 3. The average Bonchev–Trinajstić information content (AvgIpc) is 3.10. The summed E-state index contributed by atoms with van der Waals surface area (Å²) in [7, 11) is 0. The van der Waals surface area contributed by atoms with Gasteiger partial charge in [0.25, 0.3) is 11.8 Å². The van der Waals surface area contributed by atoms with Gasteiger partial charge in [-0.25, -0.2) is 0 Å². The molecular formula is C19H25N5O2. The molecule has 26 heavy (non-hydrogen) atoms. The van der Waals surface area contributed by atoms with E-state index in [1.165, 1.54) is 0 Å². The average molecular weight is 355 g/mol. The first kappa shape index (κ1) is 18.1. The molecule has 1 aliphatic heterocycles. The summed E-state index contributed by atoms with van der Waals surface area (Å²) in [6, 6.07) is 3.63. The Morgan fingerprint density at radius 1 is 1.35 bits per heavy atom. The van der Waals surface area contributed by atoms with E-state index in [0.29, 0.717) is 17.7 Å². The van der Waals surface area contributed by atoms with Gasteiger partial charge in [0.1, 0.15) is 0 Å². The second kappa shape index (κ2) is 8.12. The summed E-state index contributed by atoms with van der Waals surface area (Å²) in [5, 5.41) is 10.3. The van der Waals surface area contributed by atoms with Crippen molar-refractivity contribution >= 4 is 11.8 Å². The molecule has 1 aliphatic rings. The van der Waals surface area contributed by atoms with E-state index in [-0.39, 0.29) is 23.8 Å². The van der Waals surface area contributed by atoms with Gasteiger partial charge < -0.3 is 10.6 Å². The Morgan fingerprint density at radius 2 is 2.19 bits per heavy atom. The van der Waals surface area contributed by atoms with Crippen LogP contribution >= 0.6 is 0 Å². The highest BCUT2D eigenvalue weighted by Gasteiger charge is 2.26. The number of aryl methyl sites for hydroxylation is 1.